The van der Waals surface area contributed by atoms with Gasteiger partial charge in [-0.15, -0.1) is 0 Å². The molecule has 0 rings (SSSR count). The van der Waals surface area contributed by atoms with E-state index in [-0.39, 0.29) is 37.1 Å². The number of ether oxygens (including phenoxy) is 2. The molecule has 0 aliphatic carbocycles. The monoisotopic (exact) mass is 347 g/mol. The Bertz CT molecular complexity index is 379. The highest BCUT2D eigenvalue weighted by Gasteiger charge is 2.37. The molecule has 0 aliphatic heterocycles. The molecule has 23 heavy (non-hydrogen) atoms. The van der Waals surface area contributed by atoms with Gasteiger partial charge in [-0.2, -0.15) is 0 Å². The highest BCUT2D eigenvalue weighted by molar-refractivity contribution is 6.74. The topological polar surface area (TPSA) is 87.8 Å². The largest absolute Gasteiger partial charge is 0.464 e. The van der Waals surface area contributed by atoms with Crippen molar-refractivity contribution in [2.24, 2.45) is 5.73 Å². The van der Waals surface area contributed by atoms with Crippen LogP contribution in [0, 0.1) is 0 Å². The van der Waals surface area contributed by atoms with Crippen LogP contribution in [-0.4, -0.2) is 46.1 Å². The Morgan fingerprint density at radius 2 is 1.70 bits per heavy atom. The third kappa shape index (κ3) is 9.07. The Morgan fingerprint density at radius 1 is 1.13 bits per heavy atom. The molecule has 136 valence electrons. The first-order chi connectivity index (χ1) is 10.5. The number of hydrogen-bond donors (Lipinski definition) is 1. The predicted octanol–water partition coefficient (Wildman–Crippen LogP) is 2.61. The minimum absolute atomic E-state index is 0.0123. The molecule has 0 spiro atoms. The van der Waals surface area contributed by atoms with Gasteiger partial charge in [0.05, 0.1) is 19.4 Å². The molecule has 0 fully saturated rings. The lowest BCUT2D eigenvalue weighted by Crippen LogP contribution is -2.43. The first-order valence-corrected chi connectivity index (χ1v) is 11.1. The fourth-order valence-corrected chi connectivity index (χ4v) is 2.48. The van der Waals surface area contributed by atoms with E-state index in [0.29, 0.717) is 13.0 Å². The van der Waals surface area contributed by atoms with Crippen molar-refractivity contribution in [3.63, 3.8) is 0 Å². The molecule has 1 unspecified atom stereocenters. The summed E-state index contributed by atoms with van der Waals surface area (Å²) < 4.78 is 16.3. The van der Waals surface area contributed by atoms with E-state index >= 15 is 0 Å². The van der Waals surface area contributed by atoms with Crippen LogP contribution < -0.4 is 5.73 Å². The quantitative estimate of drug-likeness (QED) is 0.483. The maximum Gasteiger partial charge on any atom is 0.306 e. The highest BCUT2D eigenvalue weighted by atomic mass is 28.4. The lowest BCUT2D eigenvalue weighted by atomic mass is 10.2. The minimum atomic E-state index is -1.86. The fraction of sp³-hybridized carbons (Fsp3) is 0.875. The molecule has 6 nitrogen and oxygen atoms in total. The molecule has 0 bridgehead atoms. The van der Waals surface area contributed by atoms with E-state index in [1.807, 2.05) is 6.92 Å². The van der Waals surface area contributed by atoms with Crippen LogP contribution >= 0.6 is 0 Å². The van der Waals surface area contributed by atoms with Gasteiger partial charge in [-0.25, -0.2) is 0 Å². The van der Waals surface area contributed by atoms with E-state index in [9.17, 15) is 9.59 Å². The SMILES string of the molecule is CCC(CO[Si](C)(C)C(C)(C)C)OC(=O)CCC(=O)OCCN. The summed E-state index contributed by atoms with van der Waals surface area (Å²) in [4.78, 5) is 23.1. The second-order valence-electron chi connectivity index (χ2n) is 7.10. The normalized spacial score (nSPS) is 13.5. The van der Waals surface area contributed by atoms with Crippen molar-refractivity contribution in [3.05, 3.63) is 0 Å². The molecular formula is C16H33NO5Si. The average molecular weight is 348 g/mol. The van der Waals surface area contributed by atoms with E-state index in [2.05, 4.69) is 33.9 Å². The third-order valence-electron chi connectivity index (χ3n) is 4.10. The van der Waals surface area contributed by atoms with Crippen molar-refractivity contribution in [3.8, 4) is 0 Å². The zero-order chi connectivity index (χ0) is 18.1. The van der Waals surface area contributed by atoms with Gasteiger partial charge in [0.1, 0.15) is 12.7 Å². The molecule has 0 aromatic rings. The zero-order valence-electron chi connectivity index (χ0n) is 15.4. The summed E-state index contributed by atoms with van der Waals surface area (Å²) in [5, 5.41) is 0.113. The Morgan fingerprint density at radius 3 is 2.17 bits per heavy atom. The summed E-state index contributed by atoms with van der Waals surface area (Å²) in [7, 11) is -1.86. The molecule has 0 saturated carbocycles. The van der Waals surface area contributed by atoms with Gasteiger partial charge in [-0.05, 0) is 24.6 Å². The number of rotatable bonds is 10. The standard InChI is InChI=1S/C16H33NO5Si/c1-7-13(12-21-23(5,6)16(2,3)4)22-15(19)9-8-14(18)20-11-10-17/h13H,7-12,17H2,1-6H3. The Kier molecular flexibility index (Phi) is 9.65. The zero-order valence-corrected chi connectivity index (χ0v) is 16.4. The van der Waals surface area contributed by atoms with Gasteiger partial charge in [0.15, 0.2) is 8.32 Å². The molecule has 0 aromatic heterocycles. The van der Waals surface area contributed by atoms with Crippen molar-refractivity contribution in [2.75, 3.05) is 19.8 Å². The molecule has 7 heteroatoms. The molecule has 0 aliphatic rings. The molecule has 0 saturated heterocycles. The number of hydrogen-bond acceptors (Lipinski definition) is 6. The molecule has 2 N–H and O–H groups in total. The first kappa shape index (κ1) is 22.1. The summed E-state index contributed by atoms with van der Waals surface area (Å²) in [5.74, 6) is -0.835. The van der Waals surface area contributed by atoms with Crippen LogP contribution in [0.2, 0.25) is 18.1 Å². The third-order valence-corrected chi connectivity index (χ3v) is 8.60. The van der Waals surface area contributed by atoms with Crippen LogP contribution in [0.1, 0.15) is 47.0 Å². The van der Waals surface area contributed by atoms with Gasteiger partial charge in [0.25, 0.3) is 0 Å². The highest BCUT2D eigenvalue weighted by Crippen LogP contribution is 2.36. The summed E-state index contributed by atoms with van der Waals surface area (Å²) in [6, 6.07) is 0. The number of carbonyl (C=O) groups excluding carboxylic acids is 2. The van der Waals surface area contributed by atoms with Gasteiger partial charge in [0.2, 0.25) is 0 Å². The summed E-state index contributed by atoms with van der Waals surface area (Å²) >= 11 is 0. The van der Waals surface area contributed by atoms with E-state index in [0.717, 1.165) is 0 Å². The second-order valence-corrected chi connectivity index (χ2v) is 11.9. The average Bonchev–Trinajstić information content (AvgIpc) is 2.45. The van der Waals surface area contributed by atoms with Crippen molar-refractivity contribution < 1.29 is 23.5 Å². The van der Waals surface area contributed by atoms with E-state index in [1.54, 1.807) is 0 Å². The predicted molar refractivity (Wildman–Crippen MR) is 92.6 cm³/mol. The summed E-state index contributed by atoms with van der Waals surface area (Å²) in [5.41, 5.74) is 5.24. The van der Waals surface area contributed by atoms with Crippen LogP contribution in [0.15, 0.2) is 0 Å². The fourth-order valence-electron chi connectivity index (χ4n) is 1.45. The van der Waals surface area contributed by atoms with Crippen molar-refractivity contribution in [1.82, 2.24) is 0 Å². The van der Waals surface area contributed by atoms with Crippen LogP contribution in [0.3, 0.4) is 0 Å². The van der Waals surface area contributed by atoms with Gasteiger partial charge >= 0.3 is 11.9 Å². The summed E-state index contributed by atoms with van der Waals surface area (Å²) in [6.07, 6.45) is 0.424. The number of nitrogens with two attached hydrogens (primary N) is 1. The number of esters is 2. The maximum atomic E-state index is 11.8. The minimum Gasteiger partial charge on any atom is -0.464 e. The maximum absolute atomic E-state index is 11.8. The molecule has 1 atom stereocenters. The molecule has 0 amide bonds. The van der Waals surface area contributed by atoms with Crippen LogP contribution in [0.5, 0.6) is 0 Å². The summed E-state index contributed by atoms with van der Waals surface area (Å²) in [6.45, 7) is 13.6. The van der Waals surface area contributed by atoms with Gasteiger partial charge < -0.3 is 19.6 Å². The van der Waals surface area contributed by atoms with Crippen molar-refractivity contribution in [1.29, 1.82) is 0 Å². The van der Waals surface area contributed by atoms with Crippen LogP contribution in [-0.2, 0) is 23.5 Å². The molecule has 0 radical (unpaired) electrons. The smallest absolute Gasteiger partial charge is 0.306 e. The second kappa shape index (κ2) is 10.0. The Labute approximate surface area is 141 Å². The molecular weight excluding hydrogens is 314 g/mol. The lowest BCUT2D eigenvalue weighted by Gasteiger charge is -2.37. The van der Waals surface area contributed by atoms with Crippen molar-refractivity contribution in [2.45, 2.75) is 71.2 Å². The van der Waals surface area contributed by atoms with Gasteiger partial charge in [0, 0.05) is 6.54 Å². The number of carbonyl (C=O) groups is 2. The van der Waals surface area contributed by atoms with E-state index in [1.165, 1.54) is 0 Å². The van der Waals surface area contributed by atoms with Crippen LogP contribution in [0.25, 0.3) is 0 Å². The Balaban J connectivity index is 4.23. The van der Waals surface area contributed by atoms with Crippen LogP contribution in [0.4, 0.5) is 0 Å². The molecule has 0 heterocycles. The Hall–Kier alpha value is -0.923. The first-order valence-electron chi connectivity index (χ1n) is 8.22. The van der Waals surface area contributed by atoms with E-state index in [4.69, 9.17) is 19.6 Å². The molecule has 0 aromatic carbocycles. The van der Waals surface area contributed by atoms with Gasteiger partial charge in [-0.3, -0.25) is 9.59 Å². The van der Waals surface area contributed by atoms with Gasteiger partial charge in [-0.1, -0.05) is 27.7 Å². The van der Waals surface area contributed by atoms with E-state index < -0.39 is 20.3 Å². The van der Waals surface area contributed by atoms with Crippen molar-refractivity contribution >= 4 is 20.3 Å². The lowest BCUT2D eigenvalue weighted by molar-refractivity contribution is -0.154.